The Balaban J connectivity index is 2.02. The van der Waals surface area contributed by atoms with Crippen molar-refractivity contribution < 1.29 is 4.79 Å². The highest BCUT2D eigenvalue weighted by atomic mass is 16.2. The van der Waals surface area contributed by atoms with Crippen molar-refractivity contribution in [3.63, 3.8) is 0 Å². The molecule has 4 heteroatoms. The highest BCUT2D eigenvalue weighted by Gasteiger charge is 2.21. The molecule has 0 spiro atoms. The van der Waals surface area contributed by atoms with E-state index in [1.54, 1.807) is 0 Å². The Morgan fingerprint density at radius 2 is 1.95 bits per heavy atom. The lowest BCUT2D eigenvalue weighted by Gasteiger charge is -2.27. The number of aromatic amines is 1. The van der Waals surface area contributed by atoms with Crippen molar-refractivity contribution in [2.75, 3.05) is 26.2 Å². The van der Waals surface area contributed by atoms with E-state index in [9.17, 15) is 4.79 Å². The van der Waals surface area contributed by atoms with Crippen molar-refractivity contribution >= 4 is 16.8 Å². The lowest BCUT2D eigenvalue weighted by Crippen LogP contribution is -2.46. The third kappa shape index (κ3) is 2.12. The van der Waals surface area contributed by atoms with Crippen LogP contribution in [0, 0.1) is 13.8 Å². The second kappa shape index (κ2) is 4.70. The largest absolute Gasteiger partial charge is 0.360 e. The third-order valence-corrected chi connectivity index (χ3v) is 3.77. The number of aromatic nitrogens is 1. The van der Waals surface area contributed by atoms with Crippen LogP contribution < -0.4 is 5.32 Å². The topological polar surface area (TPSA) is 48.1 Å². The molecule has 2 N–H and O–H groups in total. The number of nitrogens with one attached hydrogen (secondary N) is 2. The second-order valence-corrected chi connectivity index (χ2v) is 5.25. The number of aryl methyl sites for hydroxylation is 2. The fraction of sp³-hybridized carbons (Fsp3) is 0.400. The predicted molar refractivity (Wildman–Crippen MR) is 76.5 cm³/mol. The van der Waals surface area contributed by atoms with Crippen molar-refractivity contribution in [2.45, 2.75) is 13.8 Å². The maximum Gasteiger partial charge on any atom is 0.256 e. The van der Waals surface area contributed by atoms with Crippen molar-refractivity contribution in [1.82, 2.24) is 15.2 Å². The van der Waals surface area contributed by atoms with E-state index < -0.39 is 0 Å². The Kier molecular flexibility index (Phi) is 3.03. The molecule has 1 aromatic heterocycles. The number of carbonyl (C=O) groups excluding carboxylic acids is 1. The molecule has 2 aromatic rings. The van der Waals surface area contributed by atoms with Gasteiger partial charge in [-0.3, -0.25) is 4.79 Å². The number of H-pyrrole nitrogens is 1. The maximum absolute atomic E-state index is 12.6. The first-order valence-electron chi connectivity index (χ1n) is 6.75. The molecule has 19 heavy (non-hydrogen) atoms. The summed E-state index contributed by atoms with van der Waals surface area (Å²) >= 11 is 0. The molecule has 0 aliphatic carbocycles. The number of benzene rings is 1. The molecule has 1 aliphatic heterocycles. The van der Waals surface area contributed by atoms with Gasteiger partial charge in [-0.05, 0) is 25.5 Å². The number of fused-ring (bicyclic) bond motifs is 1. The lowest BCUT2D eigenvalue weighted by atomic mass is 10.1. The molecule has 0 atom stereocenters. The summed E-state index contributed by atoms with van der Waals surface area (Å²) in [5, 5.41) is 4.31. The standard InChI is InChI=1S/C15H19N3O/c1-10-7-11(2)14-12(8-10)13(9-17-14)15(19)18-5-3-16-4-6-18/h7-9,16-17H,3-6H2,1-2H3. The van der Waals surface area contributed by atoms with Gasteiger partial charge in [0.1, 0.15) is 0 Å². The van der Waals surface area contributed by atoms with E-state index >= 15 is 0 Å². The van der Waals surface area contributed by atoms with Gasteiger partial charge in [0, 0.05) is 43.3 Å². The van der Waals surface area contributed by atoms with Crippen LogP contribution in [-0.4, -0.2) is 42.0 Å². The van der Waals surface area contributed by atoms with Gasteiger partial charge in [-0.1, -0.05) is 11.6 Å². The van der Waals surface area contributed by atoms with Crippen LogP contribution in [0.15, 0.2) is 18.3 Å². The Morgan fingerprint density at radius 1 is 1.21 bits per heavy atom. The number of carbonyl (C=O) groups is 1. The van der Waals surface area contributed by atoms with E-state index in [1.165, 1.54) is 11.1 Å². The average molecular weight is 257 g/mol. The number of piperazine rings is 1. The molecule has 1 fully saturated rings. The maximum atomic E-state index is 12.6. The molecule has 0 unspecified atom stereocenters. The van der Waals surface area contributed by atoms with Gasteiger partial charge in [-0.25, -0.2) is 0 Å². The minimum atomic E-state index is 0.137. The van der Waals surface area contributed by atoms with Gasteiger partial charge in [-0.15, -0.1) is 0 Å². The van der Waals surface area contributed by atoms with Gasteiger partial charge in [0.15, 0.2) is 0 Å². The highest BCUT2D eigenvalue weighted by molar-refractivity contribution is 6.07. The summed E-state index contributed by atoms with van der Waals surface area (Å²) in [5.74, 6) is 0.137. The Hall–Kier alpha value is -1.81. The molecule has 2 heterocycles. The van der Waals surface area contributed by atoms with Gasteiger partial charge in [0.2, 0.25) is 0 Å². The van der Waals surface area contributed by atoms with Gasteiger partial charge in [-0.2, -0.15) is 0 Å². The number of amides is 1. The van der Waals surface area contributed by atoms with E-state index in [1.807, 2.05) is 11.1 Å². The summed E-state index contributed by atoms with van der Waals surface area (Å²) in [6.45, 7) is 7.48. The van der Waals surface area contributed by atoms with Gasteiger partial charge >= 0.3 is 0 Å². The highest BCUT2D eigenvalue weighted by Crippen LogP contribution is 2.24. The summed E-state index contributed by atoms with van der Waals surface area (Å²) < 4.78 is 0. The van der Waals surface area contributed by atoms with Gasteiger partial charge < -0.3 is 15.2 Å². The van der Waals surface area contributed by atoms with E-state index in [4.69, 9.17) is 0 Å². The Bertz CT molecular complexity index is 624. The monoisotopic (exact) mass is 257 g/mol. The average Bonchev–Trinajstić information content (AvgIpc) is 2.83. The van der Waals surface area contributed by atoms with E-state index in [0.717, 1.165) is 42.6 Å². The molecule has 1 saturated heterocycles. The fourth-order valence-corrected chi connectivity index (χ4v) is 2.81. The van der Waals surface area contributed by atoms with Crippen LogP contribution in [0.5, 0.6) is 0 Å². The van der Waals surface area contributed by atoms with E-state index in [2.05, 4.69) is 36.3 Å². The van der Waals surface area contributed by atoms with E-state index in [0.29, 0.717) is 0 Å². The van der Waals surface area contributed by atoms with Crippen molar-refractivity contribution in [2.24, 2.45) is 0 Å². The Labute approximate surface area is 112 Å². The summed E-state index contributed by atoms with van der Waals surface area (Å²) in [4.78, 5) is 17.7. The minimum absolute atomic E-state index is 0.137. The van der Waals surface area contributed by atoms with Gasteiger partial charge in [0.05, 0.1) is 5.56 Å². The first-order valence-corrected chi connectivity index (χ1v) is 6.75. The second-order valence-electron chi connectivity index (χ2n) is 5.25. The van der Waals surface area contributed by atoms with Crippen LogP contribution in [0.2, 0.25) is 0 Å². The van der Waals surface area contributed by atoms with E-state index in [-0.39, 0.29) is 5.91 Å². The summed E-state index contributed by atoms with van der Waals surface area (Å²) in [7, 11) is 0. The molecule has 1 aliphatic rings. The molecular formula is C15H19N3O. The smallest absolute Gasteiger partial charge is 0.256 e. The molecule has 0 radical (unpaired) electrons. The molecule has 0 saturated carbocycles. The predicted octanol–water partition coefficient (Wildman–Crippen LogP) is 1.83. The molecule has 1 amide bonds. The molecule has 4 nitrogen and oxygen atoms in total. The number of nitrogens with zero attached hydrogens (tertiary/aromatic N) is 1. The number of hydrogen-bond donors (Lipinski definition) is 2. The van der Waals surface area contributed by atoms with Gasteiger partial charge in [0.25, 0.3) is 5.91 Å². The van der Waals surface area contributed by atoms with Crippen LogP contribution in [-0.2, 0) is 0 Å². The van der Waals surface area contributed by atoms with Crippen molar-refractivity contribution in [1.29, 1.82) is 0 Å². The lowest BCUT2D eigenvalue weighted by molar-refractivity contribution is 0.0738. The molecule has 1 aromatic carbocycles. The SMILES string of the molecule is Cc1cc(C)c2[nH]cc(C(=O)N3CCNCC3)c2c1. The van der Waals surface area contributed by atoms with Crippen molar-refractivity contribution in [3.05, 3.63) is 35.0 Å². The molecular weight excluding hydrogens is 238 g/mol. The molecule has 3 rings (SSSR count). The van der Waals surface area contributed by atoms with Crippen LogP contribution in [0.4, 0.5) is 0 Å². The van der Waals surface area contributed by atoms with Crippen LogP contribution in [0.25, 0.3) is 10.9 Å². The minimum Gasteiger partial charge on any atom is -0.360 e. The zero-order chi connectivity index (χ0) is 13.4. The summed E-state index contributed by atoms with van der Waals surface area (Å²) in [6, 6.07) is 4.23. The van der Waals surface area contributed by atoms with Crippen LogP contribution in [0.1, 0.15) is 21.5 Å². The van der Waals surface area contributed by atoms with Crippen LogP contribution >= 0.6 is 0 Å². The normalized spacial score (nSPS) is 16.0. The zero-order valence-corrected chi connectivity index (χ0v) is 11.4. The first kappa shape index (κ1) is 12.2. The number of hydrogen-bond acceptors (Lipinski definition) is 2. The summed E-state index contributed by atoms with van der Waals surface area (Å²) in [5.41, 5.74) is 4.25. The first-order chi connectivity index (χ1) is 9.16. The Morgan fingerprint density at radius 3 is 2.68 bits per heavy atom. The molecule has 100 valence electrons. The number of rotatable bonds is 1. The molecule has 0 bridgehead atoms. The van der Waals surface area contributed by atoms with Crippen molar-refractivity contribution in [3.8, 4) is 0 Å². The van der Waals surface area contributed by atoms with Crippen LogP contribution in [0.3, 0.4) is 0 Å². The summed E-state index contributed by atoms with van der Waals surface area (Å²) in [6.07, 6.45) is 1.85. The fourth-order valence-electron chi connectivity index (χ4n) is 2.81. The zero-order valence-electron chi connectivity index (χ0n) is 11.4. The third-order valence-electron chi connectivity index (χ3n) is 3.77. The quantitative estimate of drug-likeness (QED) is 0.819.